The number of allylic oxidation sites excluding steroid dienone is 4. The van der Waals surface area contributed by atoms with E-state index < -0.39 is 0 Å². The van der Waals surface area contributed by atoms with Crippen LogP contribution >= 0.6 is 0 Å². The zero-order chi connectivity index (χ0) is 35.6. The standard InChI is InChI=1S/C27H46.C7H8.C3H8.4C2H6/c1-6-19(3)23-11-8-12-24-22-14-13-21-18-20(7-2)10-9-16-26(21,4)25(22)15-17-27(23,24)5;1-4-7(5-2)6-3;1-3-2;4*1-2/h20-25H,3,6-18H2,1-2,4-5H3;1,5-6H,2H2,3H3;3H2,1-2H3;4*1-2H3/b;7-6-;;;;;. The van der Waals surface area contributed by atoms with E-state index in [0.717, 1.165) is 41.1 Å². The minimum Gasteiger partial charge on any atom is -0.115 e. The number of hydrogen-bond donors (Lipinski definition) is 0. The Hall–Kier alpha value is -1.22. The van der Waals surface area contributed by atoms with Gasteiger partial charge < -0.3 is 0 Å². The molecule has 0 heteroatoms. The van der Waals surface area contributed by atoms with Gasteiger partial charge >= 0.3 is 0 Å². The molecule has 0 aromatic heterocycles. The van der Waals surface area contributed by atoms with Gasteiger partial charge in [-0.1, -0.05) is 166 Å². The van der Waals surface area contributed by atoms with E-state index in [1.54, 1.807) is 30.9 Å². The number of hydrogen-bond acceptors (Lipinski definition) is 0. The predicted octanol–water partition coefficient (Wildman–Crippen LogP) is 15.7. The summed E-state index contributed by atoms with van der Waals surface area (Å²) in [4.78, 5) is 0. The first-order chi connectivity index (χ1) is 21.7. The molecule has 0 bridgehead atoms. The van der Waals surface area contributed by atoms with E-state index in [2.05, 4.69) is 60.6 Å². The molecule has 4 aliphatic rings. The summed E-state index contributed by atoms with van der Waals surface area (Å²) in [5.41, 5.74) is 3.63. The molecule has 0 spiro atoms. The third kappa shape index (κ3) is 13.4. The van der Waals surface area contributed by atoms with Gasteiger partial charge in [-0.2, -0.15) is 0 Å². The van der Waals surface area contributed by atoms with Gasteiger partial charge in [0.15, 0.2) is 0 Å². The summed E-state index contributed by atoms with van der Waals surface area (Å²) in [5, 5.41) is 0. The van der Waals surface area contributed by atoms with Crippen LogP contribution in [0.4, 0.5) is 0 Å². The molecule has 4 saturated carbocycles. The van der Waals surface area contributed by atoms with E-state index in [9.17, 15) is 0 Å². The molecule has 8 unspecified atom stereocenters. The Kier molecular flexibility index (Phi) is 29.8. The summed E-state index contributed by atoms with van der Waals surface area (Å²) < 4.78 is 0. The highest BCUT2D eigenvalue weighted by atomic mass is 14.6. The van der Waals surface area contributed by atoms with Crippen LogP contribution in [-0.2, 0) is 0 Å². The lowest BCUT2D eigenvalue weighted by Crippen LogP contribution is -2.55. The van der Waals surface area contributed by atoms with Gasteiger partial charge in [-0.15, -0.1) is 6.42 Å². The van der Waals surface area contributed by atoms with Crippen molar-refractivity contribution in [2.75, 3.05) is 0 Å². The van der Waals surface area contributed by atoms with E-state index in [1.807, 2.05) is 68.4 Å². The SMILES string of the molecule is C#C/C(C=C)=C/C.C=C(CC)C1CCCC2C3CCC4CC(CC)CCCC4(C)C3CCC12C.CC.CC.CC.CC.CCC. The highest BCUT2D eigenvalue weighted by Crippen LogP contribution is 2.67. The molecular formula is C45H86. The van der Waals surface area contributed by atoms with Gasteiger partial charge in [0.1, 0.15) is 0 Å². The van der Waals surface area contributed by atoms with Crippen LogP contribution in [0.1, 0.15) is 194 Å². The average Bonchev–Trinajstić information content (AvgIpc) is 3.27. The van der Waals surface area contributed by atoms with Crippen molar-refractivity contribution in [1.82, 2.24) is 0 Å². The van der Waals surface area contributed by atoms with Gasteiger partial charge in [0.25, 0.3) is 0 Å². The fraction of sp³-hybridized carbons (Fsp3) is 0.822. The van der Waals surface area contributed by atoms with Crippen LogP contribution in [0.5, 0.6) is 0 Å². The second-order valence-corrected chi connectivity index (χ2v) is 13.4. The topological polar surface area (TPSA) is 0 Å². The number of rotatable bonds is 4. The van der Waals surface area contributed by atoms with Crippen LogP contribution in [0.2, 0.25) is 0 Å². The molecule has 45 heavy (non-hydrogen) atoms. The molecule has 266 valence electrons. The van der Waals surface area contributed by atoms with Crippen molar-refractivity contribution in [2.45, 2.75) is 194 Å². The molecule has 0 saturated heterocycles. The summed E-state index contributed by atoms with van der Waals surface area (Å²) >= 11 is 0. The Morgan fingerprint density at radius 1 is 0.778 bits per heavy atom. The third-order valence-electron chi connectivity index (χ3n) is 11.5. The van der Waals surface area contributed by atoms with Gasteiger partial charge in [-0.3, -0.25) is 0 Å². The summed E-state index contributed by atoms with van der Waals surface area (Å²) in [7, 11) is 0. The van der Waals surface area contributed by atoms with E-state index in [0.29, 0.717) is 10.8 Å². The molecule has 4 rings (SSSR count). The minimum absolute atomic E-state index is 0.562. The van der Waals surface area contributed by atoms with Crippen molar-refractivity contribution in [3.8, 4) is 12.3 Å². The third-order valence-corrected chi connectivity index (χ3v) is 11.5. The van der Waals surface area contributed by atoms with E-state index in [-0.39, 0.29) is 0 Å². The van der Waals surface area contributed by atoms with E-state index in [1.165, 1.54) is 70.6 Å². The van der Waals surface area contributed by atoms with Crippen molar-refractivity contribution in [3.63, 3.8) is 0 Å². The second kappa shape index (κ2) is 27.9. The maximum Gasteiger partial charge on any atom is 0.0194 e. The molecule has 0 amide bonds. The van der Waals surface area contributed by atoms with Gasteiger partial charge in [0, 0.05) is 5.57 Å². The molecule has 0 radical (unpaired) electrons. The highest BCUT2D eigenvalue weighted by molar-refractivity contribution is 5.33. The van der Waals surface area contributed by atoms with E-state index >= 15 is 0 Å². The predicted molar refractivity (Wildman–Crippen MR) is 212 cm³/mol. The first-order valence-corrected chi connectivity index (χ1v) is 20.1. The molecule has 4 aliphatic carbocycles. The lowest BCUT2D eigenvalue weighted by atomic mass is 9.42. The molecule has 0 nitrogen and oxygen atoms in total. The molecule has 0 aromatic rings. The zero-order valence-electron chi connectivity index (χ0n) is 34.0. The summed E-state index contributed by atoms with van der Waals surface area (Å²) in [6, 6.07) is 0. The fourth-order valence-electron chi connectivity index (χ4n) is 9.35. The monoisotopic (exact) mass is 627 g/mol. The van der Waals surface area contributed by atoms with Crippen LogP contribution in [0, 0.1) is 58.7 Å². The van der Waals surface area contributed by atoms with Crippen molar-refractivity contribution in [2.24, 2.45) is 46.3 Å². The normalized spacial score (nSPS) is 32.5. The van der Waals surface area contributed by atoms with Crippen LogP contribution in [0.3, 0.4) is 0 Å². The Balaban J connectivity index is -0.000000825. The maximum atomic E-state index is 5.00. The molecule has 0 N–H and O–H groups in total. The smallest absolute Gasteiger partial charge is 0.0194 e. The minimum atomic E-state index is 0.562. The second-order valence-electron chi connectivity index (χ2n) is 13.4. The van der Waals surface area contributed by atoms with Crippen molar-refractivity contribution in [3.05, 3.63) is 36.5 Å². The van der Waals surface area contributed by atoms with Gasteiger partial charge in [-0.05, 0) is 111 Å². The summed E-state index contributed by atoms with van der Waals surface area (Å²) in [5.74, 6) is 8.34. The van der Waals surface area contributed by atoms with Crippen LogP contribution in [0.25, 0.3) is 0 Å². The molecular weight excluding hydrogens is 540 g/mol. The summed E-state index contributed by atoms with van der Waals surface area (Å²) in [6.07, 6.45) is 29.0. The Morgan fingerprint density at radius 2 is 1.33 bits per heavy atom. The molecule has 0 aliphatic heterocycles. The van der Waals surface area contributed by atoms with Crippen LogP contribution in [-0.4, -0.2) is 0 Å². The number of terminal acetylenes is 1. The fourth-order valence-corrected chi connectivity index (χ4v) is 9.35. The van der Waals surface area contributed by atoms with Crippen molar-refractivity contribution >= 4 is 0 Å². The Labute approximate surface area is 288 Å². The van der Waals surface area contributed by atoms with Gasteiger partial charge in [-0.25, -0.2) is 0 Å². The lowest BCUT2D eigenvalue weighted by molar-refractivity contribution is -0.128. The average molecular weight is 627 g/mol. The Morgan fingerprint density at radius 3 is 1.78 bits per heavy atom. The largest absolute Gasteiger partial charge is 0.115 e. The maximum absolute atomic E-state index is 5.00. The highest BCUT2D eigenvalue weighted by Gasteiger charge is 2.58. The van der Waals surface area contributed by atoms with Gasteiger partial charge in [0.05, 0.1) is 0 Å². The first-order valence-electron chi connectivity index (χ1n) is 20.1. The Bertz CT molecular complexity index is 791. The molecule has 0 aromatic carbocycles. The van der Waals surface area contributed by atoms with Gasteiger partial charge in [0.2, 0.25) is 0 Å². The first kappa shape index (κ1) is 48.2. The molecule has 4 fully saturated rings. The van der Waals surface area contributed by atoms with Crippen LogP contribution < -0.4 is 0 Å². The quantitative estimate of drug-likeness (QED) is 0.165. The van der Waals surface area contributed by atoms with Crippen molar-refractivity contribution in [1.29, 1.82) is 0 Å². The van der Waals surface area contributed by atoms with Crippen molar-refractivity contribution < 1.29 is 0 Å². The van der Waals surface area contributed by atoms with E-state index in [4.69, 9.17) is 6.42 Å². The van der Waals surface area contributed by atoms with Crippen LogP contribution in [0.15, 0.2) is 36.5 Å². The molecule has 8 atom stereocenters. The zero-order valence-corrected chi connectivity index (χ0v) is 34.0. The summed E-state index contributed by atoms with van der Waals surface area (Å²) in [6.45, 7) is 40.4. The lowest BCUT2D eigenvalue weighted by Gasteiger charge is -2.63. The molecule has 0 heterocycles. The number of fused-ring (bicyclic) bond motifs is 5.